The van der Waals surface area contributed by atoms with E-state index in [0.29, 0.717) is 15.7 Å². The Morgan fingerprint density at radius 3 is 2.60 bits per heavy atom. The maximum Gasteiger partial charge on any atom is 0.304 e. The second kappa shape index (κ2) is 5.96. The molecule has 0 atom stereocenters. The SMILES string of the molecule is O=[N+]([O-])c1ccc(CNc2cc(F)ccc2Br)cc1F. The third-order valence-electron chi connectivity index (χ3n) is 2.62. The quantitative estimate of drug-likeness (QED) is 0.667. The van der Waals surface area contributed by atoms with Gasteiger partial charge in [0.1, 0.15) is 5.82 Å². The lowest BCUT2D eigenvalue weighted by Gasteiger charge is -2.09. The van der Waals surface area contributed by atoms with Crippen molar-refractivity contribution in [2.45, 2.75) is 6.54 Å². The number of benzene rings is 2. The van der Waals surface area contributed by atoms with Gasteiger partial charge in [-0.15, -0.1) is 0 Å². The molecule has 0 spiro atoms. The Bertz CT molecular complexity index is 665. The Labute approximate surface area is 121 Å². The van der Waals surface area contributed by atoms with Crippen molar-refractivity contribution in [1.82, 2.24) is 0 Å². The van der Waals surface area contributed by atoms with Gasteiger partial charge in [-0.05, 0) is 45.8 Å². The molecule has 104 valence electrons. The van der Waals surface area contributed by atoms with E-state index in [1.54, 1.807) is 6.07 Å². The first kappa shape index (κ1) is 14.4. The molecule has 0 saturated carbocycles. The summed E-state index contributed by atoms with van der Waals surface area (Å²) in [5.74, 6) is -1.29. The van der Waals surface area contributed by atoms with Gasteiger partial charge in [-0.25, -0.2) is 4.39 Å². The van der Waals surface area contributed by atoms with Crippen LogP contribution in [-0.2, 0) is 6.54 Å². The molecule has 7 heteroatoms. The molecule has 0 aliphatic heterocycles. The van der Waals surface area contributed by atoms with Crippen molar-refractivity contribution < 1.29 is 13.7 Å². The first-order chi connectivity index (χ1) is 9.47. The maximum absolute atomic E-state index is 13.4. The highest BCUT2D eigenvalue weighted by Gasteiger charge is 2.13. The lowest BCUT2D eigenvalue weighted by molar-refractivity contribution is -0.387. The predicted octanol–water partition coefficient (Wildman–Crippen LogP) is 4.25. The molecule has 2 aromatic rings. The normalized spacial score (nSPS) is 10.3. The van der Waals surface area contributed by atoms with Crippen LogP contribution in [0.3, 0.4) is 0 Å². The van der Waals surface area contributed by atoms with Gasteiger partial charge in [-0.1, -0.05) is 6.07 Å². The van der Waals surface area contributed by atoms with Crippen LogP contribution in [0.15, 0.2) is 40.9 Å². The summed E-state index contributed by atoms with van der Waals surface area (Å²) in [6.07, 6.45) is 0. The number of hydrogen-bond donors (Lipinski definition) is 1. The molecular weight excluding hydrogens is 334 g/mol. The average molecular weight is 343 g/mol. The number of rotatable bonds is 4. The van der Waals surface area contributed by atoms with Crippen LogP contribution in [0.2, 0.25) is 0 Å². The molecule has 0 amide bonds. The van der Waals surface area contributed by atoms with Crippen LogP contribution in [0.4, 0.5) is 20.2 Å². The van der Waals surface area contributed by atoms with Crippen molar-refractivity contribution in [2.24, 2.45) is 0 Å². The number of nitrogens with zero attached hydrogens (tertiary/aromatic N) is 1. The van der Waals surface area contributed by atoms with Crippen molar-refractivity contribution in [3.05, 3.63) is 68.2 Å². The van der Waals surface area contributed by atoms with Crippen molar-refractivity contribution in [3.63, 3.8) is 0 Å². The third kappa shape index (κ3) is 3.30. The Kier molecular flexibility index (Phi) is 4.29. The Balaban J connectivity index is 2.13. The largest absolute Gasteiger partial charge is 0.380 e. The zero-order chi connectivity index (χ0) is 14.7. The van der Waals surface area contributed by atoms with E-state index in [4.69, 9.17) is 0 Å². The molecular formula is C13H9BrF2N2O2. The highest BCUT2D eigenvalue weighted by Crippen LogP contribution is 2.24. The van der Waals surface area contributed by atoms with E-state index in [1.807, 2.05) is 0 Å². The lowest BCUT2D eigenvalue weighted by atomic mass is 10.2. The number of nitro benzene ring substituents is 1. The lowest BCUT2D eigenvalue weighted by Crippen LogP contribution is -2.02. The number of hydrogen-bond acceptors (Lipinski definition) is 3. The molecule has 0 aliphatic rings. The maximum atomic E-state index is 13.4. The van der Waals surface area contributed by atoms with E-state index in [9.17, 15) is 18.9 Å². The van der Waals surface area contributed by atoms with Crippen molar-refractivity contribution in [1.29, 1.82) is 0 Å². The van der Waals surface area contributed by atoms with E-state index in [0.717, 1.165) is 12.1 Å². The summed E-state index contributed by atoms with van der Waals surface area (Å²) in [4.78, 5) is 9.71. The van der Waals surface area contributed by atoms with E-state index >= 15 is 0 Å². The fourth-order valence-electron chi connectivity index (χ4n) is 1.64. The molecule has 0 saturated heterocycles. The minimum atomic E-state index is -0.896. The first-order valence-electron chi connectivity index (χ1n) is 5.59. The fourth-order valence-corrected chi connectivity index (χ4v) is 2.03. The first-order valence-corrected chi connectivity index (χ1v) is 6.38. The number of nitrogens with one attached hydrogen (secondary N) is 1. The summed E-state index contributed by atoms with van der Waals surface area (Å²) in [6.45, 7) is 0.219. The predicted molar refractivity (Wildman–Crippen MR) is 74.5 cm³/mol. The van der Waals surface area contributed by atoms with Gasteiger partial charge in [-0.3, -0.25) is 10.1 Å². The molecule has 4 nitrogen and oxygen atoms in total. The molecule has 2 rings (SSSR count). The molecule has 0 aliphatic carbocycles. The molecule has 0 fully saturated rings. The molecule has 0 heterocycles. The highest BCUT2D eigenvalue weighted by molar-refractivity contribution is 9.10. The van der Waals surface area contributed by atoms with Crippen molar-refractivity contribution in [3.8, 4) is 0 Å². The van der Waals surface area contributed by atoms with E-state index in [-0.39, 0.29) is 6.54 Å². The van der Waals surface area contributed by atoms with Crippen LogP contribution >= 0.6 is 15.9 Å². The van der Waals surface area contributed by atoms with Gasteiger partial charge in [0.15, 0.2) is 0 Å². The number of nitro groups is 1. The molecule has 0 bridgehead atoms. The van der Waals surface area contributed by atoms with E-state index in [2.05, 4.69) is 21.2 Å². The smallest absolute Gasteiger partial charge is 0.304 e. The summed E-state index contributed by atoms with van der Waals surface area (Å²) in [5.41, 5.74) is 0.466. The summed E-state index contributed by atoms with van der Waals surface area (Å²) in [5, 5.41) is 13.4. The van der Waals surface area contributed by atoms with E-state index < -0.39 is 22.2 Å². The topological polar surface area (TPSA) is 55.2 Å². The van der Waals surface area contributed by atoms with Crippen LogP contribution in [0, 0.1) is 21.7 Å². The summed E-state index contributed by atoms with van der Waals surface area (Å²) in [6, 6.07) is 7.79. The Morgan fingerprint density at radius 2 is 1.95 bits per heavy atom. The number of halogens is 3. The van der Waals surface area contributed by atoms with E-state index in [1.165, 1.54) is 18.2 Å². The van der Waals surface area contributed by atoms with Gasteiger partial charge in [0.2, 0.25) is 5.82 Å². The van der Waals surface area contributed by atoms with Gasteiger partial charge in [0.25, 0.3) is 0 Å². The molecule has 0 aromatic heterocycles. The zero-order valence-corrected chi connectivity index (χ0v) is 11.7. The molecule has 0 unspecified atom stereocenters. The van der Waals surface area contributed by atoms with Gasteiger partial charge in [0.05, 0.1) is 10.6 Å². The van der Waals surface area contributed by atoms with Crippen molar-refractivity contribution in [2.75, 3.05) is 5.32 Å². The van der Waals surface area contributed by atoms with Gasteiger partial charge in [-0.2, -0.15) is 4.39 Å². The number of anilines is 1. The second-order valence-electron chi connectivity index (χ2n) is 4.02. The molecule has 1 N–H and O–H groups in total. The van der Waals surface area contributed by atoms with Crippen LogP contribution in [0.1, 0.15) is 5.56 Å². The average Bonchev–Trinajstić information content (AvgIpc) is 2.39. The van der Waals surface area contributed by atoms with Gasteiger partial charge in [0, 0.05) is 17.1 Å². The standard InChI is InChI=1S/C13H9BrF2N2O2/c14-10-3-2-9(15)6-12(10)17-7-8-1-4-13(18(19)20)11(16)5-8/h1-6,17H,7H2. The van der Waals surface area contributed by atoms with Crippen LogP contribution in [0.25, 0.3) is 0 Å². The Morgan fingerprint density at radius 1 is 1.20 bits per heavy atom. The van der Waals surface area contributed by atoms with Crippen molar-refractivity contribution >= 4 is 27.3 Å². The molecule has 0 radical (unpaired) electrons. The highest BCUT2D eigenvalue weighted by atomic mass is 79.9. The third-order valence-corrected chi connectivity index (χ3v) is 3.31. The van der Waals surface area contributed by atoms with Crippen LogP contribution < -0.4 is 5.32 Å². The summed E-state index contributed by atoms with van der Waals surface area (Å²) < 4.78 is 27.2. The van der Waals surface area contributed by atoms with Crippen LogP contribution in [0.5, 0.6) is 0 Å². The summed E-state index contributed by atoms with van der Waals surface area (Å²) in [7, 11) is 0. The monoisotopic (exact) mass is 342 g/mol. The molecule has 2 aromatic carbocycles. The van der Waals surface area contributed by atoms with Crippen LogP contribution in [-0.4, -0.2) is 4.92 Å². The van der Waals surface area contributed by atoms with Gasteiger partial charge >= 0.3 is 5.69 Å². The fraction of sp³-hybridized carbons (Fsp3) is 0.0769. The zero-order valence-electron chi connectivity index (χ0n) is 10.1. The van der Waals surface area contributed by atoms with Gasteiger partial charge < -0.3 is 5.32 Å². The Hall–Kier alpha value is -2.02. The summed E-state index contributed by atoms with van der Waals surface area (Å²) >= 11 is 3.26. The minimum absolute atomic E-state index is 0.219. The minimum Gasteiger partial charge on any atom is -0.380 e. The molecule has 20 heavy (non-hydrogen) atoms. The second-order valence-corrected chi connectivity index (χ2v) is 4.87.